The molecule has 0 spiro atoms. The number of halogens is 3. The second-order valence-corrected chi connectivity index (χ2v) is 3.61. The molecule has 1 atom stereocenters. The van der Waals surface area contributed by atoms with Crippen LogP contribution in [0, 0.1) is 0 Å². The van der Waals surface area contributed by atoms with E-state index in [0.717, 1.165) is 13.0 Å². The minimum Gasteiger partial charge on any atom is -0.475 e. The molecule has 102 valence electrons. The third-order valence-electron chi connectivity index (χ3n) is 2.15. The zero-order valence-electron chi connectivity index (χ0n) is 9.38. The third kappa shape index (κ3) is 7.14. The van der Waals surface area contributed by atoms with E-state index in [1.54, 1.807) is 0 Å². The molecular formula is C9H16F3NO4. The summed E-state index contributed by atoms with van der Waals surface area (Å²) in [6, 6.07) is 0. The molecule has 8 heteroatoms. The molecule has 0 aliphatic carbocycles. The highest BCUT2D eigenvalue weighted by atomic mass is 19.4. The van der Waals surface area contributed by atoms with Crippen molar-refractivity contribution in [2.45, 2.75) is 25.1 Å². The molecule has 5 nitrogen and oxygen atoms in total. The van der Waals surface area contributed by atoms with Crippen molar-refractivity contribution >= 4 is 5.97 Å². The highest BCUT2D eigenvalue weighted by molar-refractivity contribution is 5.73. The summed E-state index contributed by atoms with van der Waals surface area (Å²) in [6.45, 7) is 4.65. The second-order valence-electron chi connectivity index (χ2n) is 3.61. The molecule has 0 radical (unpaired) electrons. The number of ether oxygens (including phenoxy) is 1. The van der Waals surface area contributed by atoms with Crippen LogP contribution in [0.2, 0.25) is 0 Å². The summed E-state index contributed by atoms with van der Waals surface area (Å²) >= 11 is 0. The lowest BCUT2D eigenvalue weighted by molar-refractivity contribution is -0.192. The molecule has 0 saturated carbocycles. The summed E-state index contributed by atoms with van der Waals surface area (Å²) < 4.78 is 36.9. The first-order chi connectivity index (χ1) is 7.71. The van der Waals surface area contributed by atoms with Crippen LogP contribution in [0.4, 0.5) is 13.2 Å². The normalized spacial score (nSPS) is 25.5. The summed E-state index contributed by atoms with van der Waals surface area (Å²) in [5.74, 6) is -2.76. The van der Waals surface area contributed by atoms with Gasteiger partial charge >= 0.3 is 12.1 Å². The first-order valence-electron chi connectivity index (χ1n) is 5.02. The molecule has 1 aliphatic heterocycles. The summed E-state index contributed by atoms with van der Waals surface area (Å²) in [7, 11) is 0. The zero-order chi connectivity index (χ0) is 13.5. The number of hydrogen-bond acceptors (Lipinski definition) is 4. The minimum absolute atomic E-state index is 0.469. The number of nitrogens with one attached hydrogen (secondary N) is 1. The SMILES string of the molecule is CCC1(O)CNCCOC1.O=C(O)C(F)(F)F. The highest BCUT2D eigenvalue weighted by Crippen LogP contribution is 2.13. The molecule has 3 N–H and O–H groups in total. The van der Waals surface area contributed by atoms with Crippen molar-refractivity contribution in [2.24, 2.45) is 0 Å². The maximum Gasteiger partial charge on any atom is 0.490 e. The number of rotatable bonds is 1. The maximum atomic E-state index is 10.6. The van der Waals surface area contributed by atoms with Crippen LogP contribution in [0.3, 0.4) is 0 Å². The molecule has 1 unspecified atom stereocenters. The highest BCUT2D eigenvalue weighted by Gasteiger charge is 2.38. The van der Waals surface area contributed by atoms with E-state index in [9.17, 15) is 18.3 Å². The first kappa shape index (κ1) is 16.1. The van der Waals surface area contributed by atoms with E-state index in [1.165, 1.54) is 0 Å². The van der Waals surface area contributed by atoms with Gasteiger partial charge in [-0.1, -0.05) is 6.92 Å². The Morgan fingerprint density at radius 1 is 1.53 bits per heavy atom. The number of carboxylic acid groups (broad SMARTS) is 1. The van der Waals surface area contributed by atoms with E-state index in [1.807, 2.05) is 6.92 Å². The predicted molar refractivity (Wildman–Crippen MR) is 52.6 cm³/mol. The molecule has 1 fully saturated rings. The van der Waals surface area contributed by atoms with Crippen molar-refractivity contribution in [1.82, 2.24) is 5.32 Å². The van der Waals surface area contributed by atoms with Gasteiger partial charge < -0.3 is 20.3 Å². The van der Waals surface area contributed by atoms with Crippen LogP contribution < -0.4 is 5.32 Å². The first-order valence-corrected chi connectivity index (χ1v) is 5.02. The van der Waals surface area contributed by atoms with Gasteiger partial charge in [0.15, 0.2) is 0 Å². The van der Waals surface area contributed by atoms with Gasteiger partial charge in [-0.2, -0.15) is 13.2 Å². The third-order valence-corrected chi connectivity index (χ3v) is 2.15. The number of β-amino-alcohol motifs (C(OH)–C–C–N with tert-alkyl or cyclic N) is 1. The molecule has 17 heavy (non-hydrogen) atoms. The number of aliphatic carboxylic acids is 1. The number of carboxylic acids is 1. The van der Waals surface area contributed by atoms with Crippen molar-refractivity contribution in [1.29, 1.82) is 0 Å². The Morgan fingerprint density at radius 2 is 2.06 bits per heavy atom. The molecule has 0 aromatic rings. The lowest BCUT2D eigenvalue weighted by atomic mass is 10.0. The molecule has 1 heterocycles. The molecule has 1 rings (SSSR count). The quantitative estimate of drug-likeness (QED) is 0.634. The number of aliphatic hydroxyl groups is 1. The van der Waals surface area contributed by atoms with Crippen molar-refractivity contribution < 1.29 is 32.9 Å². The van der Waals surface area contributed by atoms with E-state index >= 15 is 0 Å². The molecule has 0 amide bonds. The van der Waals surface area contributed by atoms with E-state index in [-0.39, 0.29) is 0 Å². The second kappa shape index (κ2) is 6.77. The molecular weight excluding hydrogens is 243 g/mol. The molecule has 0 aromatic heterocycles. The van der Waals surface area contributed by atoms with E-state index in [0.29, 0.717) is 19.8 Å². The van der Waals surface area contributed by atoms with Gasteiger partial charge in [0, 0.05) is 13.1 Å². The van der Waals surface area contributed by atoms with Crippen molar-refractivity contribution in [3.05, 3.63) is 0 Å². The van der Waals surface area contributed by atoms with Gasteiger partial charge in [-0.15, -0.1) is 0 Å². The Kier molecular flexibility index (Phi) is 6.43. The Hall–Kier alpha value is -0.860. The van der Waals surface area contributed by atoms with Crippen LogP contribution in [-0.4, -0.2) is 54.3 Å². The van der Waals surface area contributed by atoms with Gasteiger partial charge in [0.1, 0.15) is 5.60 Å². The Labute approximate surface area is 96.6 Å². The Morgan fingerprint density at radius 3 is 2.47 bits per heavy atom. The lowest BCUT2D eigenvalue weighted by Crippen LogP contribution is -2.41. The average molecular weight is 259 g/mol. The van der Waals surface area contributed by atoms with Gasteiger partial charge in [-0.05, 0) is 6.42 Å². The number of carbonyl (C=O) groups is 1. The number of hydrogen-bond donors (Lipinski definition) is 3. The molecule has 0 aromatic carbocycles. The van der Waals surface area contributed by atoms with Gasteiger partial charge in [-0.25, -0.2) is 4.79 Å². The van der Waals surface area contributed by atoms with Gasteiger partial charge in [0.25, 0.3) is 0 Å². The summed E-state index contributed by atoms with van der Waals surface area (Å²) in [6.07, 6.45) is -4.33. The van der Waals surface area contributed by atoms with Crippen LogP contribution in [0.1, 0.15) is 13.3 Å². The Bertz CT molecular complexity index is 237. The van der Waals surface area contributed by atoms with E-state index in [2.05, 4.69) is 5.32 Å². The fourth-order valence-electron chi connectivity index (χ4n) is 1.01. The van der Waals surface area contributed by atoms with Crippen molar-refractivity contribution in [3.63, 3.8) is 0 Å². The van der Waals surface area contributed by atoms with Gasteiger partial charge in [0.05, 0.1) is 13.2 Å². The van der Waals surface area contributed by atoms with Gasteiger partial charge in [-0.3, -0.25) is 0 Å². The van der Waals surface area contributed by atoms with Crippen molar-refractivity contribution in [2.75, 3.05) is 26.3 Å². The fraction of sp³-hybridized carbons (Fsp3) is 0.889. The van der Waals surface area contributed by atoms with E-state index in [4.69, 9.17) is 14.6 Å². The minimum atomic E-state index is -5.08. The van der Waals surface area contributed by atoms with Crippen LogP contribution in [0.5, 0.6) is 0 Å². The van der Waals surface area contributed by atoms with Crippen LogP contribution >= 0.6 is 0 Å². The fourth-order valence-corrected chi connectivity index (χ4v) is 1.01. The summed E-state index contributed by atoms with van der Waals surface area (Å²) in [5, 5.41) is 19.9. The van der Waals surface area contributed by atoms with Crippen LogP contribution in [-0.2, 0) is 9.53 Å². The van der Waals surface area contributed by atoms with Crippen LogP contribution in [0.15, 0.2) is 0 Å². The summed E-state index contributed by atoms with van der Waals surface area (Å²) in [4.78, 5) is 8.90. The smallest absolute Gasteiger partial charge is 0.475 e. The monoisotopic (exact) mass is 259 g/mol. The molecule has 1 aliphatic rings. The predicted octanol–water partition coefficient (Wildman–Crippen LogP) is 0.381. The number of alkyl halides is 3. The molecule has 1 saturated heterocycles. The van der Waals surface area contributed by atoms with Gasteiger partial charge in [0.2, 0.25) is 0 Å². The standard InChI is InChI=1S/C7H15NO2.C2HF3O2/c1-2-7(9)5-8-3-4-10-6-7;3-2(4,5)1(6)7/h8-9H,2-6H2,1H3;(H,6,7). The van der Waals surface area contributed by atoms with Crippen LogP contribution in [0.25, 0.3) is 0 Å². The van der Waals surface area contributed by atoms with E-state index < -0.39 is 17.7 Å². The Balaban J connectivity index is 0.000000325. The maximum absolute atomic E-state index is 10.6. The average Bonchev–Trinajstić information content (AvgIpc) is 2.43. The lowest BCUT2D eigenvalue weighted by Gasteiger charge is -2.23. The molecule has 0 bridgehead atoms. The topological polar surface area (TPSA) is 78.8 Å². The largest absolute Gasteiger partial charge is 0.490 e. The summed E-state index contributed by atoms with van der Waals surface area (Å²) in [5.41, 5.74) is -0.628. The van der Waals surface area contributed by atoms with Crippen molar-refractivity contribution in [3.8, 4) is 0 Å². The zero-order valence-corrected chi connectivity index (χ0v) is 9.38.